The van der Waals surface area contributed by atoms with E-state index in [-0.39, 0.29) is 5.91 Å². The van der Waals surface area contributed by atoms with E-state index in [1.54, 1.807) is 7.11 Å². The predicted octanol–water partition coefficient (Wildman–Crippen LogP) is 3.98. The number of rotatable bonds is 7. The van der Waals surface area contributed by atoms with E-state index >= 15 is 0 Å². The SMILES string of the molecule is COc1cccc(CC(=O)N2CCC(N3CCCC(Nc4nccc(N5CCCCCC5)n4)C3)CC2)c1. The van der Waals surface area contributed by atoms with Crippen LogP contribution in [0.25, 0.3) is 0 Å². The number of hydrogen-bond donors (Lipinski definition) is 1. The second-order valence-electron chi connectivity index (χ2n) is 10.8. The zero-order chi connectivity index (χ0) is 25.5. The molecule has 3 fully saturated rings. The third-order valence-electron chi connectivity index (χ3n) is 8.18. The second kappa shape index (κ2) is 12.6. The molecule has 1 aromatic heterocycles. The van der Waals surface area contributed by atoms with Crippen molar-refractivity contribution in [2.45, 2.75) is 69.9 Å². The first-order valence-electron chi connectivity index (χ1n) is 14.2. The van der Waals surface area contributed by atoms with Gasteiger partial charge in [0.25, 0.3) is 0 Å². The van der Waals surface area contributed by atoms with Crippen molar-refractivity contribution in [3.05, 3.63) is 42.1 Å². The number of nitrogens with one attached hydrogen (secondary N) is 1. The van der Waals surface area contributed by atoms with E-state index in [2.05, 4.69) is 20.1 Å². The van der Waals surface area contributed by atoms with Crippen LogP contribution in [0.4, 0.5) is 11.8 Å². The number of carbonyl (C=O) groups is 1. The fourth-order valence-corrected chi connectivity index (χ4v) is 6.08. The lowest BCUT2D eigenvalue weighted by Gasteiger charge is -2.42. The molecule has 3 aliphatic heterocycles. The van der Waals surface area contributed by atoms with Gasteiger partial charge in [-0.3, -0.25) is 9.69 Å². The van der Waals surface area contributed by atoms with Crippen LogP contribution in [0.5, 0.6) is 5.75 Å². The lowest BCUT2D eigenvalue weighted by atomic mass is 9.97. The summed E-state index contributed by atoms with van der Waals surface area (Å²) in [6.45, 7) is 6.00. The molecule has 0 aliphatic carbocycles. The van der Waals surface area contributed by atoms with Gasteiger partial charge in [-0.1, -0.05) is 25.0 Å². The molecule has 200 valence electrons. The maximum absolute atomic E-state index is 12.9. The highest BCUT2D eigenvalue weighted by Crippen LogP contribution is 2.24. The van der Waals surface area contributed by atoms with E-state index in [1.807, 2.05) is 41.4 Å². The van der Waals surface area contributed by atoms with Crippen molar-refractivity contribution in [2.75, 3.05) is 56.6 Å². The van der Waals surface area contributed by atoms with Gasteiger partial charge in [-0.2, -0.15) is 4.98 Å². The number of aromatic nitrogens is 2. The molecule has 3 saturated heterocycles. The molecule has 8 nitrogen and oxygen atoms in total. The van der Waals surface area contributed by atoms with Crippen molar-refractivity contribution in [1.29, 1.82) is 0 Å². The van der Waals surface area contributed by atoms with E-state index in [9.17, 15) is 4.79 Å². The van der Waals surface area contributed by atoms with E-state index in [0.29, 0.717) is 18.5 Å². The second-order valence-corrected chi connectivity index (χ2v) is 10.8. The average Bonchev–Trinajstić information content (AvgIpc) is 3.23. The molecule has 0 bridgehead atoms. The van der Waals surface area contributed by atoms with Crippen LogP contribution in [0, 0.1) is 0 Å². The molecule has 3 aliphatic rings. The Morgan fingerprint density at radius 3 is 2.59 bits per heavy atom. The molecule has 0 radical (unpaired) electrons. The molecule has 0 saturated carbocycles. The summed E-state index contributed by atoms with van der Waals surface area (Å²) in [7, 11) is 1.66. The fraction of sp³-hybridized carbons (Fsp3) is 0.621. The Bertz CT molecular complexity index is 1020. The highest BCUT2D eigenvalue weighted by Gasteiger charge is 2.30. The van der Waals surface area contributed by atoms with Crippen LogP contribution in [0.2, 0.25) is 0 Å². The molecule has 1 amide bonds. The molecule has 2 aromatic rings. The maximum Gasteiger partial charge on any atom is 0.226 e. The Morgan fingerprint density at radius 1 is 1.00 bits per heavy atom. The average molecular weight is 507 g/mol. The molecule has 1 N–H and O–H groups in total. The third kappa shape index (κ3) is 6.92. The molecular weight excluding hydrogens is 464 g/mol. The van der Waals surface area contributed by atoms with Crippen molar-refractivity contribution in [2.24, 2.45) is 0 Å². The van der Waals surface area contributed by atoms with Crippen LogP contribution in [0.15, 0.2) is 36.5 Å². The normalized spacial score (nSPS) is 21.9. The van der Waals surface area contributed by atoms with Crippen LogP contribution in [-0.4, -0.2) is 84.1 Å². The number of hydrogen-bond acceptors (Lipinski definition) is 7. The number of methoxy groups -OCH3 is 1. The molecule has 5 rings (SSSR count). The van der Waals surface area contributed by atoms with E-state index in [0.717, 1.165) is 81.6 Å². The lowest BCUT2D eigenvalue weighted by Crippen LogP contribution is -2.52. The van der Waals surface area contributed by atoms with Crippen molar-refractivity contribution < 1.29 is 9.53 Å². The van der Waals surface area contributed by atoms with Gasteiger partial charge in [0, 0.05) is 51.0 Å². The Hall–Kier alpha value is -2.87. The van der Waals surface area contributed by atoms with Gasteiger partial charge >= 0.3 is 0 Å². The highest BCUT2D eigenvalue weighted by molar-refractivity contribution is 5.79. The zero-order valence-electron chi connectivity index (χ0n) is 22.3. The third-order valence-corrected chi connectivity index (χ3v) is 8.18. The summed E-state index contributed by atoms with van der Waals surface area (Å²) in [6.07, 6.45) is 11.9. The van der Waals surface area contributed by atoms with Gasteiger partial charge in [-0.05, 0) is 68.8 Å². The first-order chi connectivity index (χ1) is 18.2. The minimum atomic E-state index is 0.214. The molecular formula is C29H42N6O2. The number of carbonyl (C=O) groups excluding carboxylic acids is 1. The monoisotopic (exact) mass is 506 g/mol. The van der Waals surface area contributed by atoms with Gasteiger partial charge in [0.1, 0.15) is 11.6 Å². The molecule has 1 aromatic carbocycles. The summed E-state index contributed by atoms with van der Waals surface area (Å²) in [6, 6.07) is 10.8. The van der Waals surface area contributed by atoms with E-state index in [1.165, 1.54) is 32.1 Å². The number of ether oxygens (including phenoxy) is 1. The van der Waals surface area contributed by atoms with E-state index in [4.69, 9.17) is 9.72 Å². The van der Waals surface area contributed by atoms with Gasteiger partial charge in [-0.25, -0.2) is 4.98 Å². The smallest absolute Gasteiger partial charge is 0.226 e. The fourth-order valence-electron chi connectivity index (χ4n) is 6.08. The Labute approximate surface area is 221 Å². The van der Waals surface area contributed by atoms with Crippen LogP contribution >= 0.6 is 0 Å². The topological polar surface area (TPSA) is 73.8 Å². The highest BCUT2D eigenvalue weighted by atomic mass is 16.5. The quantitative estimate of drug-likeness (QED) is 0.609. The Morgan fingerprint density at radius 2 is 1.81 bits per heavy atom. The molecule has 1 atom stereocenters. The van der Waals surface area contributed by atoms with Crippen LogP contribution in [0.1, 0.15) is 56.9 Å². The predicted molar refractivity (Wildman–Crippen MR) is 147 cm³/mol. The lowest BCUT2D eigenvalue weighted by molar-refractivity contribution is -0.132. The van der Waals surface area contributed by atoms with Crippen LogP contribution in [0.3, 0.4) is 0 Å². The summed E-state index contributed by atoms with van der Waals surface area (Å²) in [4.78, 5) is 29.4. The number of amides is 1. The first-order valence-corrected chi connectivity index (χ1v) is 14.2. The van der Waals surface area contributed by atoms with Crippen molar-refractivity contribution in [3.63, 3.8) is 0 Å². The first kappa shape index (κ1) is 25.8. The maximum atomic E-state index is 12.9. The zero-order valence-corrected chi connectivity index (χ0v) is 22.3. The van der Waals surface area contributed by atoms with Gasteiger partial charge in [-0.15, -0.1) is 0 Å². The number of benzene rings is 1. The minimum absolute atomic E-state index is 0.214. The summed E-state index contributed by atoms with van der Waals surface area (Å²) in [5, 5.41) is 3.64. The summed E-state index contributed by atoms with van der Waals surface area (Å²) in [5.41, 5.74) is 1.01. The van der Waals surface area contributed by atoms with Crippen molar-refractivity contribution >= 4 is 17.7 Å². The number of piperidine rings is 2. The van der Waals surface area contributed by atoms with Gasteiger partial charge < -0.3 is 19.9 Å². The number of nitrogens with zero attached hydrogens (tertiary/aromatic N) is 5. The van der Waals surface area contributed by atoms with Crippen molar-refractivity contribution in [1.82, 2.24) is 19.8 Å². The molecule has 1 unspecified atom stereocenters. The largest absolute Gasteiger partial charge is 0.497 e. The van der Waals surface area contributed by atoms with Gasteiger partial charge in [0.15, 0.2) is 0 Å². The van der Waals surface area contributed by atoms with Crippen molar-refractivity contribution in [3.8, 4) is 5.75 Å². The summed E-state index contributed by atoms with van der Waals surface area (Å²) in [5.74, 6) is 2.83. The van der Waals surface area contributed by atoms with Gasteiger partial charge in [0.05, 0.1) is 13.5 Å². The number of anilines is 2. The van der Waals surface area contributed by atoms with Crippen LogP contribution < -0.4 is 15.0 Å². The Kier molecular flexibility index (Phi) is 8.76. The molecule has 4 heterocycles. The van der Waals surface area contributed by atoms with E-state index < -0.39 is 0 Å². The summed E-state index contributed by atoms with van der Waals surface area (Å²) < 4.78 is 5.30. The van der Waals surface area contributed by atoms with Crippen LogP contribution in [-0.2, 0) is 11.2 Å². The molecule has 8 heteroatoms. The van der Waals surface area contributed by atoms with Gasteiger partial charge in [0.2, 0.25) is 11.9 Å². The Balaban J connectivity index is 1.11. The molecule has 0 spiro atoms. The standard InChI is InChI=1S/C29H42N6O2/c1-37-26-10-6-8-23(20-26)21-28(36)34-18-12-25(13-19-34)35-17-7-9-24(22-35)31-29-30-14-11-27(32-29)33-15-4-2-3-5-16-33/h6,8,10-11,14,20,24-25H,2-5,7,9,12-13,15-19,21-22H2,1H3,(H,30,31,32). The minimum Gasteiger partial charge on any atom is -0.497 e. The summed E-state index contributed by atoms with van der Waals surface area (Å²) >= 11 is 0. The number of likely N-dealkylation sites (tertiary alicyclic amines) is 2. The molecule has 37 heavy (non-hydrogen) atoms.